The maximum absolute atomic E-state index is 11.2. The summed E-state index contributed by atoms with van der Waals surface area (Å²) >= 11 is 2.40. The van der Waals surface area contributed by atoms with E-state index >= 15 is 0 Å². The fourth-order valence-corrected chi connectivity index (χ4v) is 3.57. The van der Waals surface area contributed by atoms with Crippen molar-refractivity contribution in [1.29, 1.82) is 0 Å². The lowest BCUT2D eigenvalue weighted by Gasteiger charge is -2.12. The fraction of sp³-hybridized carbons (Fsp3) is 0.250. The Hall–Kier alpha value is -1.40. The van der Waals surface area contributed by atoms with Gasteiger partial charge in [0, 0.05) is 19.3 Å². The zero-order chi connectivity index (χ0) is 13.1. The average molecular weight is 280 g/mol. The van der Waals surface area contributed by atoms with E-state index in [1.54, 1.807) is 0 Å². The zero-order valence-electron chi connectivity index (χ0n) is 9.58. The van der Waals surface area contributed by atoms with Crippen LogP contribution < -0.4 is 5.11 Å². The van der Waals surface area contributed by atoms with Crippen molar-refractivity contribution in [3.63, 3.8) is 0 Å². The molecule has 0 aliphatic carbocycles. The molecule has 0 saturated heterocycles. The lowest BCUT2D eigenvalue weighted by Crippen LogP contribution is -2.24. The largest absolute Gasteiger partial charge is 0.550 e. The van der Waals surface area contributed by atoms with Gasteiger partial charge in [-0.25, -0.2) is 4.98 Å². The van der Waals surface area contributed by atoms with E-state index in [-0.39, 0.29) is 11.5 Å². The van der Waals surface area contributed by atoms with Crippen molar-refractivity contribution in [2.24, 2.45) is 0 Å². The van der Waals surface area contributed by atoms with Crippen LogP contribution in [-0.2, 0) is 9.59 Å². The number of carboxylic acids is 1. The number of carbonyl (C=O) groups excluding carboxylic acids is 2. The Bertz CT molecular complexity index is 545. The SMILES string of the molecule is CC(=O)S[C@H](CC(=O)[O-])c1nc2ccccc2s1. The highest BCUT2D eigenvalue weighted by Crippen LogP contribution is 2.36. The lowest BCUT2D eigenvalue weighted by atomic mass is 10.3. The zero-order valence-corrected chi connectivity index (χ0v) is 11.2. The highest BCUT2D eigenvalue weighted by molar-refractivity contribution is 8.13. The van der Waals surface area contributed by atoms with Crippen LogP contribution in [-0.4, -0.2) is 16.1 Å². The minimum absolute atomic E-state index is 0.125. The molecule has 1 aromatic carbocycles. The van der Waals surface area contributed by atoms with Gasteiger partial charge >= 0.3 is 0 Å². The van der Waals surface area contributed by atoms with E-state index in [1.165, 1.54) is 18.3 Å². The Morgan fingerprint density at radius 1 is 1.44 bits per heavy atom. The van der Waals surface area contributed by atoms with E-state index in [4.69, 9.17) is 0 Å². The van der Waals surface area contributed by atoms with E-state index in [0.29, 0.717) is 5.01 Å². The summed E-state index contributed by atoms with van der Waals surface area (Å²) in [7, 11) is 0. The second-order valence-corrected chi connectivity index (χ2v) is 6.14. The van der Waals surface area contributed by atoms with Crippen molar-refractivity contribution < 1.29 is 14.7 Å². The number of para-hydroxylation sites is 1. The number of rotatable bonds is 4. The Balaban J connectivity index is 2.33. The Morgan fingerprint density at radius 2 is 2.17 bits per heavy atom. The maximum atomic E-state index is 11.2. The second-order valence-electron chi connectivity index (χ2n) is 3.69. The van der Waals surface area contributed by atoms with Crippen molar-refractivity contribution in [1.82, 2.24) is 4.98 Å². The first kappa shape index (κ1) is 13.0. The molecular weight excluding hydrogens is 270 g/mol. The van der Waals surface area contributed by atoms with Gasteiger partial charge < -0.3 is 9.90 Å². The van der Waals surface area contributed by atoms with E-state index in [2.05, 4.69) is 4.98 Å². The molecule has 1 atom stereocenters. The Kier molecular flexibility index (Phi) is 3.98. The van der Waals surface area contributed by atoms with Crippen LogP contribution in [0.5, 0.6) is 0 Å². The summed E-state index contributed by atoms with van der Waals surface area (Å²) in [5.74, 6) is -1.17. The number of aromatic nitrogens is 1. The molecule has 0 spiro atoms. The molecule has 1 aromatic heterocycles. The van der Waals surface area contributed by atoms with Crippen LogP contribution >= 0.6 is 23.1 Å². The number of benzene rings is 1. The molecule has 6 heteroatoms. The molecule has 0 aliphatic heterocycles. The predicted molar refractivity (Wildman–Crippen MR) is 70.3 cm³/mol. The van der Waals surface area contributed by atoms with Crippen molar-refractivity contribution >= 4 is 44.4 Å². The van der Waals surface area contributed by atoms with Crippen molar-refractivity contribution in [3.8, 4) is 0 Å². The van der Waals surface area contributed by atoms with Gasteiger partial charge in [-0.1, -0.05) is 23.9 Å². The second kappa shape index (κ2) is 5.49. The number of hydrogen-bond donors (Lipinski definition) is 0. The summed E-state index contributed by atoms with van der Waals surface area (Å²) < 4.78 is 0.986. The summed E-state index contributed by atoms with van der Waals surface area (Å²) in [6, 6.07) is 7.56. The normalized spacial score (nSPS) is 12.5. The first-order valence-electron chi connectivity index (χ1n) is 5.29. The van der Waals surface area contributed by atoms with Gasteiger partial charge in [-0.05, 0) is 12.1 Å². The highest BCUT2D eigenvalue weighted by atomic mass is 32.2. The van der Waals surface area contributed by atoms with Crippen LogP contribution in [0.4, 0.5) is 0 Å². The van der Waals surface area contributed by atoms with Gasteiger partial charge in [-0.15, -0.1) is 11.3 Å². The molecule has 1 heterocycles. The van der Waals surface area contributed by atoms with E-state index in [9.17, 15) is 14.7 Å². The summed E-state index contributed by atoms with van der Waals surface area (Å²) in [4.78, 5) is 26.2. The number of thiazole rings is 1. The molecule has 0 amide bonds. The monoisotopic (exact) mass is 280 g/mol. The number of nitrogens with zero attached hydrogens (tertiary/aromatic N) is 1. The molecule has 0 saturated carbocycles. The summed E-state index contributed by atoms with van der Waals surface area (Å²) in [6.45, 7) is 1.42. The Labute approximate surface area is 112 Å². The number of fused-ring (bicyclic) bond motifs is 1. The maximum Gasteiger partial charge on any atom is 0.186 e. The van der Waals surface area contributed by atoms with Gasteiger partial charge in [0.25, 0.3) is 0 Å². The van der Waals surface area contributed by atoms with Gasteiger partial charge in [0.1, 0.15) is 5.01 Å². The minimum Gasteiger partial charge on any atom is -0.550 e. The van der Waals surface area contributed by atoms with Crippen LogP contribution in [0.2, 0.25) is 0 Å². The molecule has 94 valence electrons. The molecule has 0 fully saturated rings. The van der Waals surface area contributed by atoms with Crippen molar-refractivity contribution in [2.45, 2.75) is 18.6 Å². The standard InChI is InChI=1S/C12H11NO3S2/c1-7(14)17-10(6-11(15)16)12-13-8-4-2-3-5-9(8)18-12/h2-5,10H,6H2,1H3,(H,15,16)/p-1/t10-/m1/s1. The smallest absolute Gasteiger partial charge is 0.186 e. The molecule has 0 aliphatic rings. The van der Waals surface area contributed by atoms with Gasteiger partial charge in [0.05, 0.1) is 15.5 Å². The minimum atomic E-state index is -1.17. The number of thioether (sulfide) groups is 1. The van der Waals surface area contributed by atoms with Gasteiger partial charge in [-0.3, -0.25) is 4.79 Å². The van der Waals surface area contributed by atoms with E-state index in [1.807, 2.05) is 24.3 Å². The first-order valence-corrected chi connectivity index (χ1v) is 6.98. The molecule has 0 radical (unpaired) electrons. The van der Waals surface area contributed by atoms with Crippen LogP contribution in [0.1, 0.15) is 23.6 Å². The van der Waals surface area contributed by atoms with E-state index in [0.717, 1.165) is 22.0 Å². The Morgan fingerprint density at radius 3 is 2.78 bits per heavy atom. The average Bonchev–Trinajstić information content (AvgIpc) is 2.70. The topological polar surface area (TPSA) is 70.1 Å². The lowest BCUT2D eigenvalue weighted by molar-refractivity contribution is -0.305. The third kappa shape index (κ3) is 3.08. The van der Waals surface area contributed by atoms with Crippen LogP contribution in [0.15, 0.2) is 24.3 Å². The number of aliphatic carboxylic acids is 1. The van der Waals surface area contributed by atoms with Gasteiger partial charge in [0.15, 0.2) is 5.12 Å². The summed E-state index contributed by atoms with van der Waals surface area (Å²) in [5.41, 5.74) is 0.824. The van der Waals surface area contributed by atoms with Crippen LogP contribution in [0, 0.1) is 0 Å². The summed E-state index contributed by atoms with van der Waals surface area (Å²) in [5, 5.41) is 10.8. The number of carboxylic acid groups (broad SMARTS) is 1. The first-order chi connectivity index (χ1) is 8.56. The molecule has 2 rings (SSSR count). The van der Waals surface area contributed by atoms with Crippen LogP contribution in [0.3, 0.4) is 0 Å². The van der Waals surface area contributed by atoms with Gasteiger partial charge in [-0.2, -0.15) is 0 Å². The van der Waals surface area contributed by atoms with Gasteiger partial charge in [0.2, 0.25) is 0 Å². The third-order valence-electron chi connectivity index (χ3n) is 2.25. The summed E-state index contributed by atoms with van der Waals surface area (Å²) in [6.07, 6.45) is -0.204. The van der Waals surface area contributed by atoms with Crippen molar-refractivity contribution in [2.75, 3.05) is 0 Å². The quantitative estimate of drug-likeness (QED) is 0.853. The van der Waals surface area contributed by atoms with E-state index < -0.39 is 11.2 Å². The van der Waals surface area contributed by atoms with Crippen LogP contribution in [0.25, 0.3) is 10.2 Å². The van der Waals surface area contributed by atoms with Crippen molar-refractivity contribution in [3.05, 3.63) is 29.3 Å². The number of carbonyl (C=O) groups is 2. The molecule has 0 N–H and O–H groups in total. The number of hydrogen-bond acceptors (Lipinski definition) is 6. The molecular formula is C12H10NO3S2-. The molecule has 0 unspecified atom stereocenters. The predicted octanol–water partition coefficient (Wildman–Crippen LogP) is 1.76. The molecule has 4 nitrogen and oxygen atoms in total. The highest BCUT2D eigenvalue weighted by Gasteiger charge is 2.19. The fourth-order valence-electron chi connectivity index (χ4n) is 1.56. The third-order valence-corrected chi connectivity index (χ3v) is 4.55. The molecule has 18 heavy (non-hydrogen) atoms. The molecule has 0 bridgehead atoms. The molecule has 2 aromatic rings.